The highest BCUT2D eigenvalue weighted by molar-refractivity contribution is 7.90. The Labute approximate surface area is 391 Å². The molecule has 0 aliphatic carbocycles. The first kappa shape index (κ1) is 46.6. The Hall–Kier alpha value is -4.96. The van der Waals surface area contributed by atoms with Gasteiger partial charge < -0.3 is 14.7 Å². The maximum atomic E-state index is 12.9. The third-order valence-corrected chi connectivity index (χ3v) is 15.6. The fraction of sp³-hybridized carbons (Fsp3) is 0.280. The zero-order valence-electron chi connectivity index (χ0n) is 36.3. The predicted octanol–water partition coefficient (Wildman–Crippen LogP) is 10.1. The number of sulfonamides is 2. The number of ether oxygens (including phenoxy) is 1. The van der Waals surface area contributed by atoms with Gasteiger partial charge in [-0.25, -0.2) is 26.3 Å². The molecule has 5 aromatic carbocycles. The minimum Gasteiger partial charge on any atom is -0.497 e. The summed E-state index contributed by atoms with van der Waals surface area (Å²) in [5, 5.41) is 5.49. The van der Waals surface area contributed by atoms with E-state index in [4.69, 9.17) is 27.9 Å². The Bertz CT molecular complexity index is 3050. The fourth-order valence-electron chi connectivity index (χ4n) is 8.56. The van der Waals surface area contributed by atoms with Crippen LogP contribution in [0.1, 0.15) is 43.2 Å². The van der Waals surface area contributed by atoms with Crippen molar-refractivity contribution in [1.82, 2.24) is 29.2 Å². The highest BCUT2D eigenvalue weighted by Crippen LogP contribution is 2.33. The van der Waals surface area contributed by atoms with Gasteiger partial charge in [-0.2, -0.15) is 0 Å². The Morgan fingerprint density at radius 2 is 1.17 bits per heavy atom. The van der Waals surface area contributed by atoms with Gasteiger partial charge in [0.2, 0.25) is 20.0 Å². The summed E-state index contributed by atoms with van der Waals surface area (Å²) in [7, 11) is -5.48. The molecule has 0 amide bonds. The van der Waals surface area contributed by atoms with Gasteiger partial charge in [0.15, 0.2) is 0 Å². The number of unbranched alkanes of at least 4 members (excludes halogenated alkanes) is 1. The fourth-order valence-corrected chi connectivity index (χ4v) is 11.3. The zero-order valence-corrected chi connectivity index (χ0v) is 39.5. The van der Waals surface area contributed by atoms with E-state index in [0.717, 1.165) is 109 Å². The van der Waals surface area contributed by atoms with Crippen LogP contribution in [0.2, 0.25) is 10.0 Å². The molecule has 0 radical (unpaired) electrons. The van der Waals surface area contributed by atoms with Gasteiger partial charge in [-0.1, -0.05) is 71.8 Å². The van der Waals surface area contributed by atoms with Crippen molar-refractivity contribution in [3.63, 3.8) is 0 Å². The van der Waals surface area contributed by atoms with Gasteiger partial charge in [0.25, 0.3) is 0 Å². The lowest BCUT2D eigenvalue weighted by molar-refractivity contribution is 0.295. The molecule has 0 bridgehead atoms. The molecule has 4 N–H and O–H groups in total. The second kappa shape index (κ2) is 21.1. The second-order valence-corrected chi connectivity index (χ2v) is 20.7. The van der Waals surface area contributed by atoms with E-state index < -0.39 is 20.0 Å². The molecule has 2 aromatic heterocycles. The number of nitrogens with zero attached hydrogens (tertiary/aromatic N) is 2. The number of hydrogen-bond acceptors (Lipinski definition) is 7. The highest BCUT2D eigenvalue weighted by Gasteiger charge is 2.20. The highest BCUT2D eigenvalue weighted by atomic mass is 35.5. The number of aromatic nitrogens is 2. The van der Waals surface area contributed by atoms with Crippen LogP contribution in [-0.4, -0.2) is 96.1 Å². The smallest absolute Gasteiger partial charge is 0.241 e. The third-order valence-electron chi connectivity index (χ3n) is 12.1. The summed E-state index contributed by atoms with van der Waals surface area (Å²) in [5.41, 5.74) is 7.32. The van der Waals surface area contributed by atoms with Crippen LogP contribution in [0.5, 0.6) is 5.75 Å². The van der Waals surface area contributed by atoms with Crippen molar-refractivity contribution in [2.45, 2.75) is 41.9 Å². The summed E-state index contributed by atoms with van der Waals surface area (Å²) in [6.07, 6.45) is 13.1. The van der Waals surface area contributed by atoms with E-state index >= 15 is 0 Å². The van der Waals surface area contributed by atoms with Crippen molar-refractivity contribution in [2.24, 2.45) is 0 Å². The molecule has 7 aromatic rings. The molecule has 15 heteroatoms. The van der Waals surface area contributed by atoms with Gasteiger partial charge in [-0.05, 0) is 128 Å². The van der Waals surface area contributed by atoms with Crippen LogP contribution in [0.25, 0.3) is 43.7 Å². The molecule has 340 valence electrons. The maximum Gasteiger partial charge on any atom is 0.241 e. The lowest BCUT2D eigenvalue weighted by Gasteiger charge is -2.26. The molecular formula is C50H54Cl2N6O5S2. The van der Waals surface area contributed by atoms with E-state index in [1.54, 1.807) is 43.5 Å². The molecule has 0 fully saturated rings. The standard InChI is InChI=1S/C26H26ClN3O2S.C24H28ClN3O3S/c27-21-9-10-25-23(17-21)24(18-28-25)20-11-15-30(16-12-20)14-4-13-29-33(31,32)26-8-3-6-19-5-1-2-7-22(19)26;1-31-20-5-7-21(8-6-20)32(29,30)27-12-2-3-13-28-14-10-18(11-15-28)23-17-26-24-9-4-19(25)16-22(23)24/h1-3,5-11,17-18,28-29H,4,12-16H2;4-10,16-17,26-27H,2-3,11-15H2,1H3. The van der Waals surface area contributed by atoms with Gasteiger partial charge in [0, 0.05) is 100 Å². The summed E-state index contributed by atoms with van der Waals surface area (Å²) in [5.74, 6) is 0.635. The quantitative estimate of drug-likeness (QED) is 0.0708. The van der Waals surface area contributed by atoms with Crippen LogP contribution in [0.3, 0.4) is 0 Å². The molecule has 11 nitrogen and oxygen atoms in total. The molecule has 2 aliphatic rings. The molecule has 0 atom stereocenters. The number of H-pyrrole nitrogens is 2. The molecule has 2 aliphatic heterocycles. The van der Waals surface area contributed by atoms with Crippen LogP contribution in [0.15, 0.2) is 137 Å². The summed E-state index contributed by atoms with van der Waals surface area (Å²) >= 11 is 12.4. The lowest BCUT2D eigenvalue weighted by atomic mass is 9.99. The number of fused-ring (bicyclic) bond motifs is 3. The number of rotatable bonds is 16. The third kappa shape index (κ3) is 11.5. The van der Waals surface area contributed by atoms with Crippen molar-refractivity contribution < 1.29 is 21.6 Å². The molecule has 0 saturated heterocycles. The number of hydrogen-bond donors (Lipinski definition) is 4. The van der Waals surface area contributed by atoms with Gasteiger partial charge in [0.05, 0.1) is 16.9 Å². The normalized spacial score (nSPS) is 15.2. The summed E-state index contributed by atoms with van der Waals surface area (Å²) in [6, 6.07) is 31.2. The lowest BCUT2D eigenvalue weighted by Crippen LogP contribution is -2.32. The monoisotopic (exact) mass is 952 g/mol. The Kier molecular flexibility index (Phi) is 15.1. The maximum absolute atomic E-state index is 12.9. The molecule has 0 unspecified atom stereocenters. The van der Waals surface area contributed by atoms with Gasteiger partial charge in [-0.3, -0.25) is 9.80 Å². The molecule has 0 saturated carbocycles. The predicted molar refractivity (Wildman–Crippen MR) is 266 cm³/mol. The van der Waals surface area contributed by atoms with Crippen molar-refractivity contribution in [2.75, 3.05) is 59.5 Å². The molecule has 65 heavy (non-hydrogen) atoms. The molecule has 9 rings (SSSR count). The number of aromatic amines is 2. The molecule has 4 heterocycles. The van der Waals surface area contributed by atoms with Crippen LogP contribution in [-0.2, 0) is 20.0 Å². The Morgan fingerprint density at radius 3 is 1.75 bits per heavy atom. The summed E-state index contributed by atoms with van der Waals surface area (Å²) in [6.45, 7) is 6.36. The van der Waals surface area contributed by atoms with E-state index in [1.165, 1.54) is 27.7 Å². The van der Waals surface area contributed by atoms with E-state index in [1.807, 2.05) is 66.7 Å². The summed E-state index contributed by atoms with van der Waals surface area (Å²) < 4.78 is 61.0. The Balaban J connectivity index is 0.000000177. The van der Waals surface area contributed by atoms with Crippen LogP contribution >= 0.6 is 23.2 Å². The van der Waals surface area contributed by atoms with Crippen LogP contribution in [0, 0.1) is 0 Å². The van der Waals surface area contributed by atoms with E-state index in [2.05, 4.69) is 53.8 Å². The van der Waals surface area contributed by atoms with Gasteiger partial charge in [-0.15, -0.1) is 0 Å². The van der Waals surface area contributed by atoms with Crippen molar-refractivity contribution in [1.29, 1.82) is 0 Å². The SMILES string of the molecule is COc1ccc(S(=O)(=O)NCCCCN2CC=C(c3c[nH]c4ccc(Cl)cc34)CC2)cc1.O=S(=O)(NCCCN1CC=C(c2c[nH]c3ccc(Cl)cc23)CC1)c1cccc2ccccc12. The first-order valence-corrected chi connectivity index (χ1v) is 25.7. The van der Waals surface area contributed by atoms with Crippen LogP contribution in [0.4, 0.5) is 0 Å². The number of methoxy groups -OCH3 is 1. The van der Waals surface area contributed by atoms with Crippen molar-refractivity contribution in [3.8, 4) is 5.75 Å². The van der Waals surface area contributed by atoms with E-state index in [9.17, 15) is 16.8 Å². The minimum atomic E-state index is -3.55. The topological polar surface area (TPSA) is 140 Å². The largest absolute Gasteiger partial charge is 0.497 e. The number of benzene rings is 5. The first-order valence-electron chi connectivity index (χ1n) is 22.0. The van der Waals surface area contributed by atoms with Crippen LogP contribution < -0.4 is 14.2 Å². The van der Waals surface area contributed by atoms with E-state index in [0.29, 0.717) is 23.7 Å². The minimum absolute atomic E-state index is 0.255. The summed E-state index contributed by atoms with van der Waals surface area (Å²) in [4.78, 5) is 12.0. The van der Waals surface area contributed by atoms with Crippen molar-refractivity contribution in [3.05, 3.63) is 149 Å². The zero-order chi connectivity index (χ0) is 45.4. The van der Waals surface area contributed by atoms with Gasteiger partial charge >= 0.3 is 0 Å². The van der Waals surface area contributed by atoms with Gasteiger partial charge in [0.1, 0.15) is 5.75 Å². The molecular weight excluding hydrogens is 900 g/mol. The van der Waals surface area contributed by atoms with Crippen molar-refractivity contribution >= 4 is 87.0 Å². The average molecular weight is 954 g/mol. The number of halogens is 2. The molecule has 0 spiro atoms. The van der Waals surface area contributed by atoms with E-state index in [-0.39, 0.29) is 4.90 Å². The average Bonchev–Trinajstić information content (AvgIpc) is 3.94. The first-order chi connectivity index (χ1) is 31.5. The second-order valence-electron chi connectivity index (χ2n) is 16.4. The Morgan fingerprint density at radius 1 is 0.615 bits per heavy atom. The number of nitrogens with one attached hydrogen (secondary N) is 4.